The van der Waals surface area contributed by atoms with Crippen LogP contribution in [-0.2, 0) is 17.9 Å². The Labute approximate surface area is 180 Å². The van der Waals surface area contributed by atoms with E-state index in [4.69, 9.17) is 23.2 Å². The summed E-state index contributed by atoms with van der Waals surface area (Å²) in [5.41, 5.74) is 1.16. The lowest BCUT2D eigenvalue weighted by Crippen LogP contribution is -2.49. The van der Waals surface area contributed by atoms with Gasteiger partial charge in [-0.05, 0) is 40.5 Å². The van der Waals surface area contributed by atoms with Crippen LogP contribution < -0.4 is 0 Å². The molecule has 1 aromatic heterocycles. The van der Waals surface area contributed by atoms with Crippen molar-refractivity contribution in [3.8, 4) is 0 Å². The van der Waals surface area contributed by atoms with Crippen molar-refractivity contribution in [2.75, 3.05) is 26.2 Å². The third kappa shape index (κ3) is 4.84. The third-order valence-corrected chi connectivity index (χ3v) is 6.35. The van der Waals surface area contributed by atoms with Crippen LogP contribution in [0.15, 0.2) is 22.7 Å². The van der Waals surface area contributed by atoms with Crippen molar-refractivity contribution in [3.05, 3.63) is 49.7 Å². The van der Waals surface area contributed by atoms with Crippen LogP contribution in [0.4, 0.5) is 8.78 Å². The molecule has 5 nitrogen and oxygen atoms in total. The molecule has 0 saturated carbocycles. The van der Waals surface area contributed by atoms with Crippen LogP contribution in [0.25, 0.3) is 0 Å². The zero-order valence-corrected chi connectivity index (χ0v) is 18.2. The molecular weight excluding hydrogens is 477 g/mol. The molecule has 1 saturated heterocycles. The number of amides is 1. The number of hydrogen-bond donors (Lipinski definition) is 0. The summed E-state index contributed by atoms with van der Waals surface area (Å²) in [7, 11) is 0. The number of carbonyl (C=O) groups is 1. The molecule has 152 valence electrons. The number of rotatable bonds is 5. The van der Waals surface area contributed by atoms with Gasteiger partial charge in [-0.1, -0.05) is 29.3 Å². The first kappa shape index (κ1) is 21.5. The Morgan fingerprint density at radius 2 is 1.93 bits per heavy atom. The predicted octanol–water partition coefficient (Wildman–Crippen LogP) is 4.54. The van der Waals surface area contributed by atoms with E-state index in [1.54, 1.807) is 24.0 Å². The normalized spacial score (nSPS) is 15.5. The van der Waals surface area contributed by atoms with E-state index in [1.165, 1.54) is 4.68 Å². The van der Waals surface area contributed by atoms with Crippen LogP contribution >= 0.6 is 39.1 Å². The summed E-state index contributed by atoms with van der Waals surface area (Å²) in [6.45, 7) is 4.81. The highest BCUT2D eigenvalue weighted by Crippen LogP contribution is 2.29. The minimum absolute atomic E-state index is 0.0554. The van der Waals surface area contributed by atoms with Gasteiger partial charge in [-0.2, -0.15) is 5.10 Å². The minimum atomic E-state index is -2.69. The number of carbonyl (C=O) groups excluding carboxylic acids is 1. The highest BCUT2D eigenvalue weighted by atomic mass is 79.9. The van der Waals surface area contributed by atoms with Gasteiger partial charge in [-0.25, -0.2) is 8.78 Å². The Morgan fingerprint density at radius 3 is 2.50 bits per heavy atom. The van der Waals surface area contributed by atoms with Gasteiger partial charge >= 0.3 is 0 Å². The lowest BCUT2D eigenvalue weighted by atomic mass is 10.2. The van der Waals surface area contributed by atoms with Gasteiger partial charge in [0, 0.05) is 42.8 Å². The molecule has 3 rings (SSSR count). The van der Waals surface area contributed by atoms with Crippen molar-refractivity contribution < 1.29 is 13.6 Å². The second-order valence-corrected chi connectivity index (χ2v) is 8.27. The molecule has 0 aliphatic carbocycles. The van der Waals surface area contributed by atoms with Gasteiger partial charge in [0.15, 0.2) is 0 Å². The molecule has 28 heavy (non-hydrogen) atoms. The summed E-state index contributed by atoms with van der Waals surface area (Å²) >= 11 is 15.3. The Hall–Kier alpha value is -1.22. The van der Waals surface area contributed by atoms with Gasteiger partial charge < -0.3 is 4.90 Å². The Kier molecular flexibility index (Phi) is 6.96. The van der Waals surface area contributed by atoms with Crippen LogP contribution in [0.5, 0.6) is 0 Å². The van der Waals surface area contributed by atoms with Crippen molar-refractivity contribution in [2.24, 2.45) is 0 Å². The molecule has 10 heteroatoms. The third-order valence-electron chi connectivity index (χ3n) is 4.78. The number of aromatic nitrogens is 2. The van der Waals surface area contributed by atoms with Gasteiger partial charge in [0.1, 0.15) is 12.2 Å². The highest BCUT2D eigenvalue weighted by molar-refractivity contribution is 9.10. The monoisotopic (exact) mass is 494 g/mol. The van der Waals surface area contributed by atoms with Crippen LogP contribution in [0.2, 0.25) is 10.0 Å². The lowest BCUT2D eigenvalue weighted by Gasteiger charge is -2.35. The Balaban J connectivity index is 1.56. The molecule has 1 fully saturated rings. The minimum Gasteiger partial charge on any atom is -0.339 e. The van der Waals surface area contributed by atoms with Gasteiger partial charge in [0.25, 0.3) is 6.43 Å². The molecule has 2 heterocycles. The summed E-state index contributed by atoms with van der Waals surface area (Å²) < 4.78 is 27.5. The summed E-state index contributed by atoms with van der Waals surface area (Å²) in [4.78, 5) is 16.5. The molecule has 1 aliphatic rings. The highest BCUT2D eigenvalue weighted by Gasteiger charge is 2.25. The van der Waals surface area contributed by atoms with Gasteiger partial charge in [0.2, 0.25) is 5.91 Å². The van der Waals surface area contributed by atoms with E-state index in [2.05, 4.69) is 25.9 Å². The van der Waals surface area contributed by atoms with E-state index < -0.39 is 6.43 Å². The van der Waals surface area contributed by atoms with Crippen molar-refractivity contribution in [1.29, 1.82) is 0 Å². The molecule has 0 unspecified atom stereocenters. The summed E-state index contributed by atoms with van der Waals surface area (Å²) in [5.74, 6) is -0.136. The number of halogens is 5. The zero-order valence-electron chi connectivity index (χ0n) is 15.1. The van der Waals surface area contributed by atoms with E-state index in [9.17, 15) is 13.6 Å². The fraction of sp³-hybridized carbons (Fsp3) is 0.444. The maximum absolute atomic E-state index is 13.0. The number of hydrogen-bond acceptors (Lipinski definition) is 3. The largest absolute Gasteiger partial charge is 0.339 e. The van der Waals surface area contributed by atoms with E-state index in [1.807, 2.05) is 6.07 Å². The van der Waals surface area contributed by atoms with Gasteiger partial charge in [-0.15, -0.1) is 0 Å². The van der Waals surface area contributed by atoms with Crippen molar-refractivity contribution >= 4 is 45.0 Å². The standard InChI is InChI=1S/C18H19BrCl2F2N4O/c1-11-16(19)17(18(22)23)24-27(11)10-15(28)26-6-4-25(5-7-26)9-12-2-3-13(20)8-14(12)21/h2-3,8,18H,4-7,9-10H2,1H3. The first-order chi connectivity index (χ1) is 13.3. The summed E-state index contributed by atoms with van der Waals surface area (Å²) in [6, 6.07) is 5.43. The summed E-state index contributed by atoms with van der Waals surface area (Å²) in [5, 5.41) is 5.09. The van der Waals surface area contributed by atoms with Crippen molar-refractivity contribution in [2.45, 2.75) is 26.4 Å². The van der Waals surface area contributed by atoms with Gasteiger partial charge in [-0.3, -0.25) is 14.4 Å². The maximum atomic E-state index is 13.0. The topological polar surface area (TPSA) is 41.4 Å². The molecule has 0 radical (unpaired) electrons. The van der Waals surface area contributed by atoms with Crippen LogP contribution in [0.1, 0.15) is 23.4 Å². The molecule has 1 aromatic carbocycles. The van der Waals surface area contributed by atoms with Crippen LogP contribution in [0, 0.1) is 6.92 Å². The number of alkyl halides is 2. The number of piperazine rings is 1. The van der Waals surface area contributed by atoms with E-state index in [0.717, 1.165) is 5.56 Å². The molecule has 0 atom stereocenters. The fourth-order valence-electron chi connectivity index (χ4n) is 3.12. The smallest absolute Gasteiger partial charge is 0.283 e. The predicted molar refractivity (Wildman–Crippen MR) is 108 cm³/mol. The molecule has 1 amide bonds. The Bertz CT molecular complexity index is 870. The maximum Gasteiger partial charge on any atom is 0.283 e. The number of nitrogens with zero attached hydrogens (tertiary/aromatic N) is 4. The average molecular weight is 496 g/mol. The summed E-state index contributed by atoms with van der Waals surface area (Å²) in [6.07, 6.45) is -2.69. The van der Waals surface area contributed by atoms with E-state index in [0.29, 0.717) is 48.5 Å². The van der Waals surface area contributed by atoms with Gasteiger partial charge in [0.05, 0.1) is 10.2 Å². The zero-order chi connectivity index (χ0) is 20.4. The second-order valence-electron chi connectivity index (χ2n) is 6.64. The van der Waals surface area contributed by atoms with Crippen molar-refractivity contribution in [1.82, 2.24) is 19.6 Å². The quantitative estimate of drug-likeness (QED) is 0.611. The second kappa shape index (κ2) is 9.07. The fourth-order valence-corrected chi connectivity index (χ4v) is 4.04. The lowest BCUT2D eigenvalue weighted by molar-refractivity contribution is -0.133. The molecule has 1 aliphatic heterocycles. The van der Waals surface area contributed by atoms with Crippen LogP contribution in [-0.4, -0.2) is 51.7 Å². The van der Waals surface area contributed by atoms with Crippen LogP contribution in [0.3, 0.4) is 0 Å². The average Bonchev–Trinajstić information content (AvgIpc) is 2.93. The first-order valence-corrected chi connectivity index (χ1v) is 10.3. The van der Waals surface area contributed by atoms with E-state index in [-0.39, 0.29) is 22.6 Å². The first-order valence-electron chi connectivity index (χ1n) is 8.71. The molecule has 0 spiro atoms. The van der Waals surface area contributed by atoms with Crippen molar-refractivity contribution in [3.63, 3.8) is 0 Å². The molecule has 2 aromatic rings. The molecule has 0 N–H and O–H groups in total. The molecule has 0 bridgehead atoms. The SMILES string of the molecule is Cc1c(Br)c(C(F)F)nn1CC(=O)N1CCN(Cc2ccc(Cl)cc2Cl)CC1. The van der Waals surface area contributed by atoms with E-state index >= 15 is 0 Å². The number of benzene rings is 1. The Morgan fingerprint density at radius 1 is 1.25 bits per heavy atom. The molecular formula is C18H19BrCl2F2N4O.